The summed E-state index contributed by atoms with van der Waals surface area (Å²) in [5.41, 5.74) is 5.73. The van der Waals surface area contributed by atoms with Gasteiger partial charge in [-0.15, -0.1) is 0 Å². The van der Waals surface area contributed by atoms with Crippen molar-refractivity contribution < 1.29 is 56.7 Å². The number of carbonyl (C=O) groups excluding carboxylic acids is 4. The minimum atomic E-state index is -1.13. The number of hydrogen-bond acceptors (Lipinski definition) is 11. The van der Waals surface area contributed by atoms with E-state index in [4.69, 9.17) is 28.4 Å². The van der Waals surface area contributed by atoms with Crippen molar-refractivity contribution in [3.05, 3.63) is 77.6 Å². The molecule has 0 radical (unpaired) electrons. The summed E-state index contributed by atoms with van der Waals surface area (Å²) in [6.07, 6.45) is 14.1. The molecule has 11 nitrogen and oxygen atoms in total. The Bertz CT molecular complexity index is 1660. The Balaban J connectivity index is 1.67. The molecule has 1 atom stereocenters. The molecule has 0 aromatic heterocycles. The summed E-state index contributed by atoms with van der Waals surface area (Å²) >= 11 is 0. The van der Waals surface area contributed by atoms with Gasteiger partial charge in [-0.1, -0.05) is 70.0 Å². The zero-order valence-electron chi connectivity index (χ0n) is 36.3. The lowest BCUT2D eigenvalue weighted by Crippen LogP contribution is -2.25. The van der Waals surface area contributed by atoms with Gasteiger partial charge in [-0.2, -0.15) is 4.39 Å². The number of ether oxygens (including phenoxy) is 7. The maximum absolute atomic E-state index is 13.3. The van der Waals surface area contributed by atoms with Crippen molar-refractivity contribution in [3.8, 4) is 16.9 Å². The summed E-state index contributed by atoms with van der Waals surface area (Å²) < 4.78 is 50.2. The third kappa shape index (κ3) is 17.6. The summed E-state index contributed by atoms with van der Waals surface area (Å²) in [4.78, 5) is 47.5. The van der Waals surface area contributed by atoms with Gasteiger partial charge in [-0.25, -0.2) is 19.2 Å². The van der Waals surface area contributed by atoms with E-state index in [1.807, 2.05) is 0 Å². The van der Waals surface area contributed by atoms with Gasteiger partial charge in [0.25, 0.3) is 0 Å². The number of methoxy groups -OCH3 is 3. The van der Waals surface area contributed by atoms with Crippen LogP contribution in [0.15, 0.2) is 61.0 Å². The van der Waals surface area contributed by atoms with Crippen LogP contribution in [0.4, 0.5) is 4.39 Å². The van der Waals surface area contributed by atoms with Crippen molar-refractivity contribution in [1.29, 1.82) is 0 Å². The first-order valence-electron chi connectivity index (χ1n) is 21.5. The minimum Gasteiger partial charge on any atom is -0.493 e. The van der Waals surface area contributed by atoms with Gasteiger partial charge in [-0.05, 0) is 122 Å². The number of aryl methyl sites for hydroxylation is 2. The van der Waals surface area contributed by atoms with Crippen molar-refractivity contribution >= 4 is 23.9 Å². The van der Waals surface area contributed by atoms with Gasteiger partial charge in [0.05, 0.1) is 40.1 Å². The van der Waals surface area contributed by atoms with Gasteiger partial charge >= 0.3 is 23.9 Å². The second-order valence-corrected chi connectivity index (χ2v) is 15.6. The predicted octanol–water partition coefficient (Wildman–Crippen LogP) is 9.37. The monoisotopic (exact) mass is 838 g/mol. The van der Waals surface area contributed by atoms with Gasteiger partial charge in [0, 0.05) is 32.3 Å². The van der Waals surface area contributed by atoms with Crippen molar-refractivity contribution in [2.45, 2.75) is 109 Å². The second-order valence-electron chi connectivity index (χ2n) is 15.6. The van der Waals surface area contributed by atoms with Crippen molar-refractivity contribution in [3.63, 3.8) is 0 Å². The Morgan fingerprint density at radius 1 is 0.683 bits per heavy atom. The molecule has 1 aliphatic rings. The normalized spacial score (nSPS) is 15.4. The Morgan fingerprint density at radius 2 is 1.32 bits per heavy atom. The number of rotatable bonds is 28. The molecule has 332 valence electrons. The second kappa shape index (κ2) is 28.1. The summed E-state index contributed by atoms with van der Waals surface area (Å²) in [7, 11) is 4.23. The first-order valence-corrected chi connectivity index (χ1v) is 21.5. The Morgan fingerprint density at radius 3 is 1.93 bits per heavy atom. The van der Waals surface area contributed by atoms with Crippen LogP contribution in [0.25, 0.3) is 11.1 Å². The quantitative estimate of drug-likeness (QED) is 0.0267. The highest BCUT2D eigenvalue weighted by Gasteiger charge is 2.24. The smallest absolute Gasteiger partial charge is 0.417 e. The van der Waals surface area contributed by atoms with Gasteiger partial charge in [0.15, 0.2) is 0 Å². The molecular weight excluding hydrogens is 772 g/mol. The highest BCUT2D eigenvalue weighted by Crippen LogP contribution is 2.39. The Labute approximate surface area is 356 Å². The fraction of sp³-hybridized carbons (Fsp3) is 0.583. The third-order valence-corrected chi connectivity index (χ3v) is 10.9. The largest absolute Gasteiger partial charge is 0.493 e. The molecule has 0 heterocycles. The SMILES string of the molecule is C=C(F)C(=O)OCCCc1cc(-c2ccc(C3CCC(CCCCC)CC3)cc2)cc(CCCOC)c1OCCCCOC(=O)C(=C)CC(COC)COC(=O)C(=O)OC. The van der Waals surface area contributed by atoms with E-state index in [-0.39, 0.29) is 38.4 Å². The number of unbranched alkanes of at least 4 members (excludes halogenated alkanes) is 3. The van der Waals surface area contributed by atoms with Crippen LogP contribution in [0.3, 0.4) is 0 Å². The van der Waals surface area contributed by atoms with E-state index in [2.05, 4.69) is 61.2 Å². The van der Waals surface area contributed by atoms with Gasteiger partial charge in [0.2, 0.25) is 5.83 Å². The molecule has 0 aliphatic heterocycles. The van der Waals surface area contributed by atoms with Gasteiger partial charge in [-0.3, -0.25) is 0 Å². The van der Waals surface area contributed by atoms with Crippen LogP contribution < -0.4 is 4.74 Å². The lowest BCUT2D eigenvalue weighted by atomic mass is 9.77. The predicted molar refractivity (Wildman–Crippen MR) is 228 cm³/mol. The molecule has 0 amide bonds. The standard InChI is InChI=1S/C48H67FO11/c1-7-8-9-14-36-17-19-38(20-18-36)39-21-23-40(24-22-39)43-30-41(15-12-25-54-4)44(42(31-43)16-13-28-59-46(51)35(3)49)57-26-10-11-27-58-45(50)34(2)29-37(32-55-5)33-60-48(53)47(52)56-6/h21-24,30-31,36-38H,2-3,7-20,25-29,32-33H2,1,4-6H3. The highest BCUT2D eigenvalue weighted by molar-refractivity contribution is 6.29. The van der Waals surface area contributed by atoms with Gasteiger partial charge < -0.3 is 33.2 Å². The maximum atomic E-state index is 13.3. The molecule has 1 saturated carbocycles. The summed E-state index contributed by atoms with van der Waals surface area (Å²) in [5.74, 6) is -3.23. The summed E-state index contributed by atoms with van der Waals surface area (Å²) in [6.45, 7) is 10.2. The topological polar surface area (TPSA) is 133 Å². The molecule has 1 aliphatic carbocycles. The Hall–Kier alpha value is -4.55. The average molecular weight is 839 g/mol. The average Bonchev–Trinajstić information content (AvgIpc) is 3.25. The zero-order valence-corrected chi connectivity index (χ0v) is 36.3. The van der Waals surface area contributed by atoms with E-state index in [1.165, 1.54) is 64.0 Å². The fourth-order valence-corrected chi connectivity index (χ4v) is 7.62. The van der Waals surface area contributed by atoms with Gasteiger partial charge in [0.1, 0.15) is 5.75 Å². The van der Waals surface area contributed by atoms with E-state index in [9.17, 15) is 23.6 Å². The van der Waals surface area contributed by atoms with Crippen LogP contribution in [-0.4, -0.2) is 84.8 Å². The van der Waals surface area contributed by atoms with Crippen LogP contribution in [0.5, 0.6) is 5.75 Å². The van der Waals surface area contributed by atoms with Crippen molar-refractivity contribution in [2.24, 2.45) is 11.8 Å². The number of esters is 4. The molecule has 12 heteroatoms. The van der Waals surface area contributed by atoms with Crippen LogP contribution in [0.2, 0.25) is 0 Å². The maximum Gasteiger partial charge on any atom is 0.417 e. The Kier molecular flexibility index (Phi) is 23.3. The first-order chi connectivity index (χ1) is 29.0. The molecule has 60 heavy (non-hydrogen) atoms. The van der Waals surface area contributed by atoms with Crippen LogP contribution >= 0.6 is 0 Å². The van der Waals surface area contributed by atoms with Crippen LogP contribution in [0.1, 0.15) is 113 Å². The van der Waals surface area contributed by atoms with E-state index >= 15 is 0 Å². The molecule has 3 rings (SSSR count). The highest BCUT2D eigenvalue weighted by atomic mass is 19.1. The van der Waals surface area contributed by atoms with E-state index < -0.39 is 35.6 Å². The molecular formula is C48H67FO11. The molecule has 1 unspecified atom stereocenters. The lowest BCUT2D eigenvalue weighted by molar-refractivity contribution is -0.167. The molecule has 1 fully saturated rings. The van der Waals surface area contributed by atoms with Crippen molar-refractivity contribution in [1.82, 2.24) is 0 Å². The van der Waals surface area contributed by atoms with E-state index in [0.717, 1.165) is 47.5 Å². The minimum absolute atomic E-state index is 0.0293. The third-order valence-electron chi connectivity index (χ3n) is 10.9. The first kappa shape index (κ1) is 49.8. The molecule has 0 N–H and O–H groups in total. The molecule has 0 bridgehead atoms. The number of hydrogen-bond donors (Lipinski definition) is 0. The molecule has 2 aromatic rings. The number of halogens is 1. The fourth-order valence-electron chi connectivity index (χ4n) is 7.62. The summed E-state index contributed by atoms with van der Waals surface area (Å²) in [5, 5.41) is 0. The molecule has 2 aromatic carbocycles. The molecule has 0 spiro atoms. The van der Waals surface area contributed by atoms with E-state index in [1.54, 1.807) is 7.11 Å². The van der Waals surface area contributed by atoms with E-state index in [0.29, 0.717) is 51.2 Å². The number of benzene rings is 2. The van der Waals surface area contributed by atoms with Crippen LogP contribution in [0, 0.1) is 11.8 Å². The van der Waals surface area contributed by atoms with Crippen molar-refractivity contribution in [2.75, 3.05) is 61.0 Å². The lowest BCUT2D eigenvalue weighted by Gasteiger charge is -2.29. The summed E-state index contributed by atoms with van der Waals surface area (Å²) in [6, 6.07) is 13.3. The number of carbonyl (C=O) groups is 4. The zero-order chi connectivity index (χ0) is 43.7. The molecule has 0 saturated heterocycles. The van der Waals surface area contributed by atoms with Crippen LogP contribution in [-0.2, 0) is 60.4 Å².